The predicted molar refractivity (Wildman–Crippen MR) is 119 cm³/mol. The van der Waals surface area contributed by atoms with Gasteiger partial charge in [-0.1, -0.05) is 30.5 Å². The van der Waals surface area contributed by atoms with Crippen molar-refractivity contribution in [3.05, 3.63) is 35.4 Å². The van der Waals surface area contributed by atoms with Gasteiger partial charge in [-0.25, -0.2) is 0 Å². The van der Waals surface area contributed by atoms with Crippen molar-refractivity contribution >= 4 is 17.7 Å². The van der Waals surface area contributed by atoms with Crippen molar-refractivity contribution in [2.24, 2.45) is 11.8 Å². The molecule has 0 spiro atoms. The Kier molecular flexibility index (Phi) is 8.46. The molecule has 7 nitrogen and oxygen atoms in total. The molecule has 1 aromatic rings. The minimum atomic E-state index is -0.631. The van der Waals surface area contributed by atoms with Crippen LogP contribution < -0.4 is 10.6 Å². The number of methoxy groups -OCH3 is 1. The van der Waals surface area contributed by atoms with E-state index in [0.717, 1.165) is 31.2 Å². The second-order valence-corrected chi connectivity index (χ2v) is 8.75. The molecule has 1 atom stereocenters. The van der Waals surface area contributed by atoms with Crippen LogP contribution in [0.15, 0.2) is 24.3 Å². The van der Waals surface area contributed by atoms with Gasteiger partial charge in [0.15, 0.2) is 0 Å². The number of likely N-dealkylation sites (tertiary alicyclic amines) is 1. The molecule has 1 aliphatic carbocycles. The van der Waals surface area contributed by atoms with Crippen molar-refractivity contribution in [2.75, 3.05) is 33.4 Å². The Bertz CT molecular complexity index is 768. The first kappa shape index (κ1) is 23.3. The number of piperidine rings is 1. The molecule has 7 heteroatoms. The summed E-state index contributed by atoms with van der Waals surface area (Å²) in [5.41, 5.74) is 1.54. The summed E-state index contributed by atoms with van der Waals surface area (Å²) in [6.07, 6.45) is 5.68. The van der Waals surface area contributed by atoms with Gasteiger partial charge in [0.05, 0.1) is 6.61 Å². The largest absolute Gasteiger partial charge is 0.383 e. The molecule has 0 aromatic heterocycles. The normalized spacial score (nSPS) is 18.6. The Morgan fingerprint density at radius 1 is 1.13 bits per heavy atom. The summed E-state index contributed by atoms with van der Waals surface area (Å²) in [5.74, 6) is -0.0193. The van der Waals surface area contributed by atoms with Crippen molar-refractivity contribution in [2.45, 2.75) is 51.5 Å². The van der Waals surface area contributed by atoms with E-state index < -0.39 is 6.04 Å². The monoisotopic (exact) mass is 429 g/mol. The Morgan fingerprint density at radius 2 is 1.84 bits per heavy atom. The van der Waals surface area contributed by atoms with E-state index in [-0.39, 0.29) is 29.6 Å². The maximum absolute atomic E-state index is 12.9. The third kappa shape index (κ3) is 6.29. The average Bonchev–Trinajstić information content (AvgIpc) is 3.32. The second-order valence-electron chi connectivity index (χ2n) is 8.75. The number of nitrogens with zero attached hydrogens (tertiary/aromatic N) is 1. The van der Waals surface area contributed by atoms with E-state index in [1.54, 1.807) is 13.2 Å². The van der Waals surface area contributed by atoms with Crippen molar-refractivity contribution in [1.82, 2.24) is 15.5 Å². The van der Waals surface area contributed by atoms with Gasteiger partial charge >= 0.3 is 0 Å². The lowest BCUT2D eigenvalue weighted by Gasteiger charge is -2.36. The zero-order valence-electron chi connectivity index (χ0n) is 18.7. The maximum atomic E-state index is 12.9. The number of ether oxygens (including phenoxy) is 1. The van der Waals surface area contributed by atoms with Crippen LogP contribution in [0.1, 0.15) is 54.4 Å². The SMILES string of the molecule is COCCNC(=O)C(NC(=O)c1cccc(C)c1)C1CCN(C(=O)C2CCCC2)CC1. The highest BCUT2D eigenvalue weighted by molar-refractivity contribution is 5.97. The molecule has 0 radical (unpaired) electrons. The number of aryl methyl sites for hydroxylation is 1. The summed E-state index contributed by atoms with van der Waals surface area (Å²) >= 11 is 0. The van der Waals surface area contributed by atoms with Crippen molar-refractivity contribution < 1.29 is 19.1 Å². The standard InChI is InChI=1S/C24H35N3O4/c1-17-6-5-9-20(16-17)22(28)26-21(23(29)25-12-15-31-2)18-10-13-27(14-11-18)24(30)19-7-3-4-8-19/h5-6,9,16,18-19,21H,3-4,7-8,10-15H2,1-2H3,(H,25,29)(H,26,28). The lowest BCUT2D eigenvalue weighted by molar-refractivity contribution is -0.137. The molecular formula is C24H35N3O4. The number of nitrogens with one attached hydrogen (secondary N) is 2. The van der Waals surface area contributed by atoms with Crippen LogP contribution in [0.3, 0.4) is 0 Å². The summed E-state index contributed by atoms with van der Waals surface area (Å²) in [5, 5.41) is 5.83. The highest BCUT2D eigenvalue weighted by atomic mass is 16.5. The molecule has 1 heterocycles. The summed E-state index contributed by atoms with van der Waals surface area (Å²) in [7, 11) is 1.58. The van der Waals surface area contributed by atoms with Gasteiger partial charge in [0.2, 0.25) is 11.8 Å². The van der Waals surface area contributed by atoms with Gasteiger partial charge in [0, 0.05) is 38.2 Å². The van der Waals surface area contributed by atoms with E-state index in [1.165, 1.54) is 0 Å². The zero-order valence-corrected chi connectivity index (χ0v) is 18.7. The number of rotatable bonds is 8. The van der Waals surface area contributed by atoms with Gasteiger partial charge in [-0.2, -0.15) is 0 Å². The average molecular weight is 430 g/mol. The summed E-state index contributed by atoms with van der Waals surface area (Å²) in [4.78, 5) is 40.5. The molecule has 2 N–H and O–H groups in total. The van der Waals surface area contributed by atoms with Crippen LogP contribution in [0.25, 0.3) is 0 Å². The van der Waals surface area contributed by atoms with Gasteiger partial charge in [0.1, 0.15) is 6.04 Å². The number of amides is 3. The van der Waals surface area contributed by atoms with Gasteiger partial charge < -0.3 is 20.3 Å². The third-order valence-electron chi connectivity index (χ3n) is 6.48. The molecule has 1 aliphatic heterocycles. The molecule has 0 bridgehead atoms. The van der Waals surface area contributed by atoms with Crippen LogP contribution in [0.2, 0.25) is 0 Å². The van der Waals surface area contributed by atoms with Crippen molar-refractivity contribution in [3.8, 4) is 0 Å². The molecule has 1 aromatic carbocycles. The van der Waals surface area contributed by atoms with Crippen LogP contribution in [0.5, 0.6) is 0 Å². The summed E-state index contributed by atoms with van der Waals surface area (Å²) in [6.45, 7) is 4.02. The summed E-state index contributed by atoms with van der Waals surface area (Å²) in [6, 6.07) is 6.71. The van der Waals surface area contributed by atoms with Crippen LogP contribution in [-0.2, 0) is 14.3 Å². The fraction of sp³-hybridized carbons (Fsp3) is 0.625. The lowest BCUT2D eigenvalue weighted by atomic mass is 9.87. The van der Waals surface area contributed by atoms with Crippen LogP contribution in [0, 0.1) is 18.8 Å². The molecule has 1 saturated heterocycles. The maximum Gasteiger partial charge on any atom is 0.251 e. The minimum absolute atomic E-state index is 0.0102. The number of hydrogen-bond donors (Lipinski definition) is 2. The van der Waals surface area contributed by atoms with E-state index in [4.69, 9.17) is 4.74 Å². The Balaban J connectivity index is 1.64. The molecule has 3 rings (SSSR count). The second kappa shape index (κ2) is 11.3. The van der Waals surface area contributed by atoms with Gasteiger partial charge in [0.25, 0.3) is 5.91 Å². The van der Waals surface area contributed by atoms with E-state index >= 15 is 0 Å². The number of benzene rings is 1. The van der Waals surface area contributed by atoms with E-state index in [1.807, 2.05) is 30.0 Å². The van der Waals surface area contributed by atoms with Crippen LogP contribution in [0.4, 0.5) is 0 Å². The predicted octanol–water partition coefficient (Wildman–Crippen LogP) is 2.28. The highest BCUT2D eigenvalue weighted by Gasteiger charge is 2.35. The highest BCUT2D eigenvalue weighted by Crippen LogP contribution is 2.29. The fourth-order valence-electron chi connectivity index (χ4n) is 4.68. The first-order valence-corrected chi connectivity index (χ1v) is 11.4. The zero-order chi connectivity index (χ0) is 22.2. The first-order valence-electron chi connectivity index (χ1n) is 11.4. The number of carbonyl (C=O) groups is 3. The number of carbonyl (C=O) groups excluding carboxylic acids is 3. The van der Waals surface area contributed by atoms with E-state index in [9.17, 15) is 14.4 Å². The van der Waals surface area contributed by atoms with Gasteiger partial charge in [-0.15, -0.1) is 0 Å². The molecule has 2 aliphatic rings. The molecule has 1 unspecified atom stereocenters. The van der Waals surface area contributed by atoms with Crippen LogP contribution in [-0.4, -0.2) is 62.0 Å². The molecule has 2 fully saturated rings. The first-order chi connectivity index (χ1) is 15.0. The van der Waals surface area contributed by atoms with Crippen LogP contribution >= 0.6 is 0 Å². The van der Waals surface area contributed by atoms with Gasteiger partial charge in [-0.3, -0.25) is 14.4 Å². The quantitative estimate of drug-likeness (QED) is 0.621. The lowest BCUT2D eigenvalue weighted by Crippen LogP contribution is -2.54. The minimum Gasteiger partial charge on any atom is -0.383 e. The molecular weight excluding hydrogens is 394 g/mol. The summed E-state index contributed by atoms with van der Waals surface area (Å²) < 4.78 is 5.02. The smallest absolute Gasteiger partial charge is 0.251 e. The topological polar surface area (TPSA) is 87.7 Å². The third-order valence-corrected chi connectivity index (χ3v) is 6.48. The van der Waals surface area contributed by atoms with E-state index in [2.05, 4.69) is 10.6 Å². The van der Waals surface area contributed by atoms with Crippen molar-refractivity contribution in [3.63, 3.8) is 0 Å². The molecule has 170 valence electrons. The Labute approximate surface area is 184 Å². The van der Waals surface area contributed by atoms with Gasteiger partial charge in [-0.05, 0) is 50.7 Å². The van der Waals surface area contributed by atoms with Crippen molar-refractivity contribution in [1.29, 1.82) is 0 Å². The number of hydrogen-bond acceptors (Lipinski definition) is 4. The molecule has 1 saturated carbocycles. The molecule has 3 amide bonds. The molecule has 31 heavy (non-hydrogen) atoms. The Morgan fingerprint density at radius 3 is 2.48 bits per heavy atom. The Hall–Kier alpha value is -2.41. The van der Waals surface area contributed by atoms with E-state index in [0.29, 0.717) is 44.6 Å². The fourth-order valence-corrected chi connectivity index (χ4v) is 4.68.